The molecular weight excluding hydrogens is 220 g/mol. The second kappa shape index (κ2) is 5.55. The SMILES string of the molecule is CN1CCC(CNc2ccc(Cl)cc2)CC1. The summed E-state index contributed by atoms with van der Waals surface area (Å²) in [5.41, 5.74) is 1.17. The predicted octanol–water partition coefficient (Wildman–Crippen LogP) is 3.09. The summed E-state index contributed by atoms with van der Waals surface area (Å²) < 4.78 is 0. The fraction of sp³-hybridized carbons (Fsp3) is 0.538. The van der Waals surface area contributed by atoms with Crippen LogP contribution in [0.4, 0.5) is 5.69 Å². The maximum absolute atomic E-state index is 5.84. The zero-order chi connectivity index (χ0) is 11.4. The number of benzene rings is 1. The van der Waals surface area contributed by atoms with Gasteiger partial charge in [0.25, 0.3) is 0 Å². The van der Waals surface area contributed by atoms with Gasteiger partial charge in [0.05, 0.1) is 0 Å². The number of likely N-dealkylation sites (tertiary alicyclic amines) is 1. The van der Waals surface area contributed by atoms with Gasteiger partial charge in [-0.05, 0) is 63.2 Å². The Kier molecular flexibility index (Phi) is 4.08. The van der Waals surface area contributed by atoms with Crippen LogP contribution < -0.4 is 5.32 Å². The van der Waals surface area contributed by atoms with Gasteiger partial charge in [-0.15, -0.1) is 0 Å². The zero-order valence-electron chi connectivity index (χ0n) is 9.75. The highest BCUT2D eigenvalue weighted by atomic mass is 35.5. The molecule has 1 N–H and O–H groups in total. The van der Waals surface area contributed by atoms with E-state index in [0.29, 0.717) is 0 Å². The van der Waals surface area contributed by atoms with Crippen molar-refractivity contribution in [1.82, 2.24) is 4.90 Å². The zero-order valence-corrected chi connectivity index (χ0v) is 10.5. The summed E-state index contributed by atoms with van der Waals surface area (Å²) in [6, 6.07) is 7.94. The summed E-state index contributed by atoms with van der Waals surface area (Å²) in [5, 5.41) is 4.28. The van der Waals surface area contributed by atoms with Crippen molar-refractivity contribution in [3.8, 4) is 0 Å². The molecule has 1 aliphatic heterocycles. The molecule has 0 amide bonds. The van der Waals surface area contributed by atoms with Crippen LogP contribution in [0.2, 0.25) is 5.02 Å². The van der Waals surface area contributed by atoms with Gasteiger partial charge >= 0.3 is 0 Å². The van der Waals surface area contributed by atoms with Gasteiger partial charge in [0.1, 0.15) is 0 Å². The molecule has 1 saturated heterocycles. The van der Waals surface area contributed by atoms with E-state index in [0.717, 1.165) is 17.5 Å². The number of anilines is 1. The first-order valence-electron chi connectivity index (χ1n) is 5.92. The van der Waals surface area contributed by atoms with E-state index in [-0.39, 0.29) is 0 Å². The van der Waals surface area contributed by atoms with Gasteiger partial charge in [-0.25, -0.2) is 0 Å². The monoisotopic (exact) mass is 238 g/mol. The Morgan fingerprint density at radius 2 is 1.88 bits per heavy atom. The van der Waals surface area contributed by atoms with Crippen molar-refractivity contribution in [2.24, 2.45) is 5.92 Å². The molecule has 88 valence electrons. The van der Waals surface area contributed by atoms with Gasteiger partial charge in [0.2, 0.25) is 0 Å². The summed E-state index contributed by atoms with van der Waals surface area (Å²) in [4.78, 5) is 2.40. The average Bonchev–Trinajstić information content (AvgIpc) is 2.30. The molecule has 0 spiro atoms. The Morgan fingerprint density at radius 1 is 1.25 bits per heavy atom. The largest absolute Gasteiger partial charge is 0.385 e. The van der Waals surface area contributed by atoms with E-state index in [1.807, 2.05) is 24.3 Å². The van der Waals surface area contributed by atoms with E-state index in [4.69, 9.17) is 11.6 Å². The number of nitrogens with one attached hydrogen (secondary N) is 1. The number of hydrogen-bond acceptors (Lipinski definition) is 2. The lowest BCUT2D eigenvalue weighted by atomic mass is 9.97. The number of rotatable bonds is 3. The first-order chi connectivity index (χ1) is 7.74. The first-order valence-corrected chi connectivity index (χ1v) is 6.30. The molecule has 2 nitrogen and oxygen atoms in total. The van der Waals surface area contributed by atoms with E-state index < -0.39 is 0 Å². The highest BCUT2D eigenvalue weighted by molar-refractivity contribution is 6.30. The molecule has 1 aliphatic rings. The smallest absolute Gasteiger partial charge is 0.0407 e. The van der Waals surface area contributed by atoms with E-state index >= 15 is 0 Å². The maximum Gasteiger partial charge on any atom is 0.0407 e. The third kappa shape index (κ3) is 3.39. The highest BCUT2D eigenvalue weighted by Crippen LogP contribution is 2.18. The minimum absolute atomic E-state index is 0.796. The van der Waals surface area contributed by atoms with E-state index in [2.05, 4.69) is 17.3 Å². The molecule has 0 bridgehead atoms. The molecule has 1 aromatic carbocycles. The van der Waals surface area contributed by atoms with Gasteiger partial charge in [-0.1, -0.05) is 11.6 Å². The lowest BCUT2D eigenvalue weighted by Crippen LogP contribution is -2.32. The van der Waals surface area contributed by atoms with Crippen LogP contribution in [0.15, 0.2) is 24.3 Å². The van der Waals surface area contributed by atoms with Crippen LogP contribution in [0.5, 0.6) is 0 Å². The lowest BCUT2D eigenvalue weighted by Gasteiger charge is -2.29. The van der Waals surface area contributed by atoms with E-state index in [9.17, 15) is 0 Å². The number of piperidine rings is 1. The van der Waals surface area contributed by atoms with Gasteiger partial charge in [-0.3, -0.25) is 0 Å². The Balaban J connectivity index is 1.77. The third-order valence-electron chi connectivity index (χ3n) is 3.28. The topological polar surface area (TPSA) is 15.3 Å². The van der Waals surface area contributed by atoms with Gasteiger partial charge in [0, 0.05) is 17.3 Å². The predicted molar refractivity (Wildman–Crippen MR) is 70.2 cm³/mol. The Morgan fingerprint density at radius 3 is 2.50 bits per heavy atom. The molecule has 1 aromatic rings. The Labute approximate surface area is 103 Å². The van der Waals surface area contributed by atoms with Crippen LogP contribution in [-0.4, -0.2) is 31.6 Å². The third-order valence-corrected chi connectivity index (χ3v) is 3.53. The summed E-state index contributed by atoms with van der Waals surface area (Å²) in [6.45, 7) is 3.54. The molecule has 0 saturated carbocycles. The molecule has 3 heteroatoms. The lowest BCUT2D eigenvalue weighted by molar-refractivity contribution is 0.226. The normalized spacial score (nSPS) is 18.6. The fourth-order valence-electron chi connectivity index (χ4n) is 2.10. The Hall–Kier alpha value is -0.730. The van der Waals surface area contributed by atoms with Gasteiger partial charge in [-0.2, -0.15) is 0 Å². The number of nitrogens with zero attached hydrogens (tertiary/aromatic N) is 1. The van der Waals surface area contributed by atoms with Crippen LogP contribution >= 0.6 is 11.6 Å². The minimum atomic E-state index is 0.796. The highest BCUT2D eigenvalue weighted by Gasteiger charge is 2.15. The van der Waals surface area contributed by atoms with Crippen LogP contribution in [0.3, 0.4) is 0 Å². The number of hydrogen-bond donors (Lipinski definition) is 1. The molecule has 0 unspecified atom stereocenters. The van der Waals surface area contributed by atoms with Crippen molar-refractivity contribution in [1.29, 1.82) is 0 Å². The molecule has 16 heavy (non-hydrogen) atoms. The van der Waals surface area contributed by atoms with Gasteiger partial charge in [0.15, 0.2) is 0 Å². The minimum Gasteiger partial charge on any atom is -0.385 e. The molecular formula is C13H19ClN2. The molecule has 1 fully saturated rings. The summed E-state index contributed by atoms with van der Waals surface area (Å²) in [7, 11) is 2.20. The van der Waals surface area contributed by atoms with Crippen molar-refractivity contribution in [3.05, 3.63) is 29.3 Å². The Bertz CT molecular complexity index is 315. The second-order valence-corrected chi connectivity index (χ2v) is 5.07. The van der Waals surface area contributed by atoms with E-state index in [1.165, 1.54) is 31.6 Å². The molecule has 0 atom stereocenters. The van der Waals surface area contributed by atoms with Crippen LogP contribution in [0.1, 0.15) is 12.8 Å². The number of halogens is 1. The quantitative estimate of drug-likeness (QED) is 0.871. The van der Waals surface area contributed by atoms with Crippen molar-refractivity contribution in [3.63, 3.8) is 0 Å². The first kappa shape index (κ1) is 11.7. The standard InChI is InChI=1S/C13H19ClN2/c1-16-8-6-11(7-9-16)10-15-13-4-2-12(14)3-5-13/h2-5,11,15H,6-10H2,1H3. The maximum atomic E-state index is 5.84. The summed E-state index contributed by atoms with van der Waals surface area (Å²) in [5.74, 6) is 0.812. The molecule has 2 rings (SSSR count). The second-order valence-electron chi connectivity index (χ2n) is 4.63. The van der Waals surface area contributed by atoms with Crippen molar-refractivity contribution in [2.75, 3.05) is 32.0 Å². The van der Waals surface area contributed by atoms with Crippen molar-refractivity contribution in [2.45, 2.75) is 12.8 Å². The van der Waals surface area contributed by atoms with Crippen LogP contribution in [-0.2, 0) is 0 Å². The molecule has 0 radical (unpaired) electrons. The fourth-order valence-corrected chi connectivity index (χ4v) is 2.22. The van der Waals surface area contributed by atoms with Gasteiger partial charge < -0.3 is 10.2 Å². The van der Waals surface area contributed by atoms with Crippen molar-refractivity contribution < 1.29 is 0 Å². The molecule has 0 aliphatic carbocycles. The molecule has 1 heterocycles. The van der Waals surface area contributed by atoms with E-state index in [1.54, 1.807) is 0 Å². The van der Waals surface area contributed by atoms with Crippen LogP contribution in [0, 0.1) is 5.92 Å². The van der Waals surface area contributed by atoms with Crippen LogP contribution in [0.25, 0.3) is 0 Å². The summed E-state index contributed by atoms with van der Waals surface area (Å²) >= 11 is 5.84. The van der Waals surface area contributed by atoms with Crippen molar-refractivity contribution >= 4 is 17.3 Å². The summed E-state index contributed by atoms with van der Waals surface area (Å²) in [6.07, 6.45) is 2.61. The average molecular weight is 239 g/mol. The molecule has 0 aromatic heterocycles.